The van der Waals surface area contributed by atoms with Gasteiger partial charge in [0, 0.05) is 42.6 Å². The van der Waals surface area contributed by atoms with E-state index in [0.29, 0.717) is 0 Å². The highest BCUT2D eigenvalue weighted by Gasteiger charge is 2.02. The Morgan fingerprint density at radius 1 is 1.11 bits per heavy atom. The summed E-state index contributed by atoms with van der Waals surface area (Å²) in [6, 6.07) is 10.6. The van der Waals surface area contributed by atoms with E-state index in [9.17, 15) is 0 Å². The lowest BCUT2D eigenvalue weighted by atomic mass is 10.1. The zero-order chi connectivity index (χ0) is 13.1. The van der Waals surface area contributed by atoms with Gasteiger partial charge < -0.3 is 10.3 Å². The molecule has 0 spiro atoms. The largest absolute Gasteiger partial charge is 0.361 e. The van der Waals surface area contributed by atoms with Gasteiger partial charge in [0.2, 0.25) is 0 Å². The van der Waals surface area contributed by atoms with E-state index in [0.717, 1.165) is 13.1 Å². The second-order valence-corrected chi connectivity index (χ2v) is 4.76. The topological polar surface area (TPSA) is 40.7 Å². The Morgan fingerprint density at radius 2 is 2.00 bits per heavy atom. The minimum Gasteiger partial charge on any atom is -0.361 e. The molecular formula is C16H17N3. The average Bonchev–Trinajstić information content (AvgIpc) is 2.90. The van der Waals surface area contributed by atoms with Gasteiger partial charge in [-0.2, -0.15) is 0 Å². The van der Waals surface area contributed by atoms with Crippen molar-refractivity contribution in [3.05, 3.63) is 65.6 Å². The molecule has 1 aromatic carbocycles. The minimum absolute atomic E-state index is 0.870. The molecule has 0 fully saturated rings. The molecular weight excluding hydrogens is 234 g/mol. The van der Waals surface area contributed by atoms with Crippen LogP contribution in [0.25, 0.3) is 10.9 Å². The molecule has 96 valence electrons. The maximum Gasteiger partial charge on any atom is 0.0457 e. The number of benzene rings is 1. The van der Waals surface area contributed by atoms with E-state index in [2.05, 4.69) is 52.5 Å². The third kappa shape index (κ3) is 2.51. The lowest BCUT2D eigenvalue weighted by Gasteiger charge is -2.08. The Bertz CT molecular complexity index is 685. The molecule has 0 atom stereocenters. The lowest BCUT2D eigenvalue weighted by Crippen LogP contribution is -2.13. The van der Waals surface area contributed by atoms with Crippen molar-refractivity contribution in [2.75, 3.05) is 0 Å². The first-order valence-corrected chi connectivity index (χ1v) is 6.50. The summed E-state index contributed by atoms with van der Waals surface area (Å²) in [6.45, 7) is 3.84. The van der Waals surface area contributed by atoms with Crippen molar-refractivity contribution in [1.82, 2.24) is 15.3 Å². The molecule has 0 amide bonds. The molecule has 0 bridgehead atoms. The van der Waals surface area contributed by atoms with Gasteiger partial charge >= 0.3 is 0 Å². The van der Waals surface area contributed by atoms with E-state index in [-0.39, 0.29) is 0 Å². The second-order valence-electron chi connectivity index (χ2n) is 4.76. The fourth-order valence-corrected chi connectivity index (χ4v) is 2.34. The highest BCUT2D eigenvalue weighted by atomic mass is 14.8. The molecule has 0 unspecified atom stereocenters. The summed E-state index contributed by atoms with van der Waals surface area (Å²) in [6.07, 6.45) is 5.74. The number of nitrogens with zero attached hydrogens (tertiary/aromatic N) is 1. The quantitative estimate of drug-likeness (QED) is 0.747. The summed E-state index contributed by atoms with van der Waals surface area (Å²) < 4.78 is 0. The highest BCUT2D eigenvalue weighted by molar-refractivity contribution is 5.82. The molecule has 0 aliphatic carbocycles. The van der Waals surface area contributed by atoms with Crippen LogP contribution in [0.2, 0.25) is 0 Å². The molecule has 0 aliphatic heterocycles. The van der Waals surface area contributed by atoms with Crippen molar-refractivity contribution in [1.29, 1.82) is 0 Å². The van der Waals surface area contributed by atoms with Gasteiger partial charge in [-0.25, -0.2) is 0 Å². The Morgan fingerprint density at radius 3 is 2.89 bits per heavy atom. The normalized spacial score (nSPS) is 11.0. The van der Waals surface area contributed by atoms with Crippen molar-refractivity contribution in [2.24, 2.45) is 0 Å². The Hall–Kier alpha value is -2.13. The van der Waals surface area contributed by atoms with E-state index in [1.54, 1.807) is 0 Å². The predicted molar refractivity (Wildman–Crippen MR) is 77.8 cm³/mol. The standard InChI is InChI=1S/C16H17N3/c1-12-9-17-7-5-13(12)10-18-11-14-3-2-4-16-15(14)6-8-19-16/h2-9,18-19H,10-11H2,1H3. The van der Waals surface area contributed by atoms with Crippen LogP contribution < -0.4 is 5.32 Å². The maximum atomic E-state index is 4.11. The minimum atomic E-state index is 0.870. The fourth-order valence-electron chi connectivity index (χ4n) is 2.34. The molecule has 2 heterocycles. The monoisotopic (exact) mass is 251 g/mol. The number of nitrogens with one attached hydrogen (secondary N) is 2. The van der Waals surface area contributed by atoms with Crippen molar-refractivity contribution in [2.45, 2.75) is 20.0 Å². The van der Waals surface area contributed by atoms with Gasteiger partial charge in [0.25, 0.3) is 0 Å². The van der Waals surface area contributed by atoms with E-state index in [1.165, 1.54) is 27.6 Å². The molecule has 19 heavy (non-hydrogen) atoms. The van der Waals surface area contributed by atoms with Crippen LogP contribution in [0.4, 0.5) is 0 Å². The second kappa shape index (κ2) is 5.24. The van der Waals surface area contributed by atoms with Gasteiger partial charge in [0.1, 0.15) is 0 Å². The van der Waals surface area contributed by atoms with Crippen LogP contribution in [-0.4, -0.2) is 9.97 Å². The van der Waals surface area contributed by atoms with Crippen LogP contribution in [0.3, 0.4) is 0 Å². The zero-order valence-corrected chi connectivity index (χ0v) is 11.0. The van der Waals surface area contributed by atoms with E-state index in [1.807, 2.05) is 18.6 Å². The van der Waals surface area contributed by atoms with E-state index >= 15 is 0 Å². The molecule has 2 N–H and O–H groups in total. The predicted octanol–water partition coefficient (Wildman–Crippen LogP) is 3.16. The van der Waals surface area contributed by atoms with Crippen LogP contribution in [0.1, 0.15) is 16.7 Å². The van der Waals surface area contributed by atoms with E-state index < -0.39 is 0 Å². The molecule has 0 saturated carbocycles. The molecule has 2 aromatic heterocycles. The number of rotatable bonds is 4. The SMILES string of the molecule is Cc1cnccc1CNCc1cccc2[nH]ccc12. The Balaban J connectivity index is 1.70. The maximum absolute atomic E-state index is 4.11. The summed E-state index contributed by atoms with van der Waals surface area (Å²) in [7, 11) is 0. The van der Waals surface area contributed by atoms with Crippen LogP contribution in [0, 0.1) is 6.92 Å². The van der Waals surface area contributed by atoms with Crippen LogP contribution >= 0.6 is 0 Å². The smallest absolute Gasteiger partial charge is 0.0457 e. The summed E-state index contributed by atoms with van der Waals surface area (Å²) in [5.74, 6) is 0. The number of pyridine rings is 1. The summed E-state index contributed by atoms with van der Waals surface area (Å²) in [4.78, 5) is 7.35. The van der Waals surface area contributed by atoms with Gasteiger partial charge in [-0.1, -0.05) is 12.1 Å². The molecule has 0 radical (unpaired) electrons. The Kier molecular flexibility index (Phi) is 3.29. The molecule has 3 aromatic rings. The average molecular weight is 251 g/mol. The number of hydrogen-bond donors (Lipinski definition) is 2. The van der Waals surface area contributed by atoms with Crippen LogP contribution in [-0.2, 0) is 13.1 Å². The number of aryl methyl sites for hydroxylation is 1. The molecule has 3 heteroatoms. The van der Waals surface area contributed by atoms with Crippen molar-refractivity contribution < 1.29 is 0 Å². The van der Waals surface area contributed by atoms with Gasteiger partial charge in [0.15, 0.2) is 0 Å². The molecule has 3 rings (SSSR count). The number of fused-ring (bicyclic) bond motifs is 1. The third-order valence-corrected chi connectivity index (χ3v) is 3.45. The first kappa shape index (κ1) is 11.9. The lowest BCUT2D eigenvalue weighted by molar-refractivity contribution is 0.693. The third-order valence-electron chi connectivity index (χ3n) is 3.45. The highest BCUT2D eigenvalue weighted by Crippen LogP contribution is 2.17. The van der Waals surface area contributed by atoms with Crippen LogP contribution in [0.5, 0.6) is 0 Å². The molecule has 3 nitrogen and oxygen atoms in total. The number of aromatic amines is 1. The summed E-state index contributed by atoms with van der Waals surface area (Å²) in [5.41, 5.74) is 5.05. The molecule has 0 saturated heterocycles. The fraction of sp³-hybridized carbons (Fsp3) is 0.188. The van der Waals surface area contributed by atoms with Crippen molar-refractivity contribution in [3.8, 4) is 0 Å². The molecule has 0 aliphatic rings. The Labute approximate surface area is 112 Å². The number of H-pyrrole nitrogens is 1. The van der Waals surface area contributed by atoms with Crippen molar-refractivity contribution in [3.63, 3.8) is 0 Å². The van der Waals surface area contributed by atoms with Gasteiger partial charge in [0.05, 0.1) is 0 Å². The van der Waals surface area contributed by atoms with Gasteiger partial charge in [-0.3, -0.25) is 4.98 Å². The zero-order valence-electron chi connectivity index (χ0n) is 11.0. The van der Waals surface area contributed by atoms with Gasteiger partial charge in [-0.15, -0.1) is 0 Å². The van der Waals surface area contributed by atoms with Crippen molar-refractivity contribution >= 4 is 10.9 Å². The summed E-state index contributed by atoms with van der Waals surface area (Å²) >= 11 is 0. The first-order chi connectivity index (χ1) is 9.34. The first-order valence-electron chi connectivity index (χ1n) is 6.50. The van der Waals surface area contributed by atoms with Crippen LogP contribution in [0.15, 0.2) is 48.9 Å². The number of hydrogen-bond acceptors (Lipinski definition) is 2. The van der Waals surface area contributed by atoms with E-state index in [4.69, 9.17) is 0 Å². The summed E-state index contributed by atoms with van der Waals surface area (Å²) in [5, 5.41) is 4.79. The number of aromatic nitrogens is 2. The van der Waals surface area contributed by atoms with Gasteiger partial charge in [-0.05, 0) is 41.8 Å².